The molecule has 3 rings (SSSR count). The highest BCUT2D eigenvalue weighted by Gasteiger charge is 2.07. The molecule has 6 heteroatoms. The Morgan fingerprint density at radius 2 is 1.78 bits per heavy atom. The van der Waals surface area contributed by atoms with Crippen LogP contribution in [-0.4, -0.2) is 21.3 Å². The maximum absolute atomic E-state index is 10.6. The second-order valence-corrected chi connectivity index (χ2v) is 5.93. The summed E-state index contributed by atoms with van der Waals surface area (Å²) in [6.45, 7) is 0.336. The maximum Gasteiger partial charge on any atom is 0.307 e. The number of benzene rings is 2. The summed E-state index contributed by atoms with van der Waals surface area (Å²) in [5.74, 6) is -0.170. The van der Waals surface area contributed by atoms with Crippen LogP contribution in [0.15, 0.2) is 54.6 Å². The number of nitrogens with zero attached hydrogens (tertiary/aromatic N) is 2. The first-order valence-electron chi connectivity index (χ1n) is 7.02. The zero-order valence-corrected chi connectivity index (χ0v) is 13.0. The van der Waals surface area contributed by atoms with E-state index < -0.39 is 5.97 Å². The summed E-state index contributed by atoms with van der Waals surface area (Å²) < 4.78 is 5.66. The van der Waals surface area contributed by atoms with Crippen LogP contribution in [0.1, 0.15) is 10.6 Å². The Balaban J connectivity index is 1.60. The van der Waals surface area contributed by atoms with Crippen LogP contribution in [0.2, 0.25) is 0 Å². The highest BCUT2D eigenvalue weighted by molar-refractivity contribution is 7.14. The number of hydrogen-bond donors (Lipinski definition) is 1. The average molecular weight is 326 g/mol. The van der Waals surface area contributed by atoms with E-state index in [0.717, 1.165) is 21.1 Å². The van der Waals surface area contributed by atoms with Gasteiger partial charge < -0.3 is 9.84 Å². The van der Waals surface area contributed by atoms with Gasteiger partial charge in [0.15, 0.2) is 5.01 Å². The fraction of sp³-hybridized carbons (Fsp3) is 0.118. The number of carboxylic acids is 1. The minimum atomic E-state index is -0.846. The molecule has 23 heavy (non-hydrogen) atoms. The van der Waals surface area contributed by atoms with Gasteiger partial charge in [0.25, 0.3) is 0 Å². The van der Waals surface area contributed by atoms with Gasteiger partial charge in [-0.1, -0.05) is 53.8 Å². The zero-order valence-electron chi connectivity index (χ0n) is 12.2. The summed E-state index contributed by atoms with van der Waals surface area (Å²) in [4.78, 5) is 10.6. The van der Waals surface area contributed by atoms with Crippen LogP contribution in [0, 0.1) is 0 Å². The molecule has 5 nitrogen and oxygen atoms in total. The lowest BCUT2D eigenvalue weighted by Crippen LogP contribution is -2.00. The van der Waals surface area contributed by atoms with Crippen molar-refractivity contribution < 1.29 is 14.6 Å². The minimum Gasteiger partial charge on any atom is -0.486 e. The minimum absolute atomic E-state index is 0.0110. The zero-order chi connectivity index (χ0) is 16.1. The third kappa shape index (κ3) is 4.14. The number of hydrogen-bond acceptors (Lipinski definition) is 5. The quantitative estimate of drug-likeness (QED) is 0.751. The van der Waals surface area contributed by atoms with E-state index in [2.05, 4.69) is 10.2 Å². The van der Waals surface area contributed by atoms with Gasteiger partial charge in [0.1, 0.15) is 17.4 Å². The lowest BCUT2D eigenvalue weighted by molar-refractivity contribution is -0.136. The van der Waals surface area contributed by atoms with E-state index in [4.69, 9.17) is 9.84 Å². The van der Waals surface area contributed by atoms with Gasteiger partial charge in [0.05, 0.1) is 6.42 Å². The number of carboxylic acid groups (broad SMARTS) is 1. The molecule has 0 aliphatic heterocycles. The third-order valence-corrected chi connectivity index (χ3v) is 4.07. The van der Waals surface area contributed by atoms with Crippen molar-refractivity contribution in [3.63, 3.8) is 0 Å². The summed E-state index contributed by atoms with van der Waals surface area (Å²) in [6, 6.07) is 16.9. The molecular weight excluding hydrogens is 312 g/mol. The van der Waals surface area contributed by atoms with Crippen LogP contribution in [0.3, 0.4) is 0 Å². The number of aromatic nitrogens is 2. The SMILES string of the molecule is O=C(O)Cc1ccc(OCc2nnc(-c3ccccc3)s2)cc1. The number of rotatable bonds is 6. The van der Waals surface area contributed by atoms with E-state index in [1.54, 1.807) is 24.3 Å². The average Bonchev–Trinajstić information content (AvgIpc) is 3.04. The monoisotopic (exact) mass is 326 g/mol. The van der Waals surface area contributed by atoms with Gasteiger partial charge in [0.2, 0.25) is 0 Å². The van der Waals surface area contributed by atoms with Crippen LogP contribution in [0.25, 0.3) is 10.6 Å². The predicted molar refractivity (Wildman–Crippen MR) is 87.5 cm³/mol. The van der Waals surface area contributed by atoms with E-state index in [0.29, 0.717) is 12.4 Å². The highest BCUT2D eigenvalue weighted by atomic mass is 32.1. The molecule has 0 fully saturated rings. The summed E-state index contributed by atoms with van der Waals surface area (Å²) >= 11 is 1.49. The molecule has 3 aromatic rings. The maximum atomic E-state index is 10.6. The molecule has 0 atom stereocenters. The topological polar surface area (TPSA) is 72.3 Å². The first-order chi connectivity index (χ1) is 11.2. The van der Waals surface area contributed by atoms with Crippen LogP contribution >= 0.6 is 11.3 Å². The molecule has 0 spiro atoms. The molecule has 0 saturated heterocycles. The molecule has 1 heterocycles. The smallest absolute Gasteiger partial charge is 0.307 e. The Kier molecular flexibility index (Phi) is 4.63. The summed E-state index contributed by atoms with van der Waals surface area (Å²) in [5.41, 5.74) is 1.78. The van der Waals surface area contributed by atoms with Crippen molar-refractivity contribution in [1.29, 1.82) is 0 Å². The summed E-state index contributed by atoms with van der Waals surface area (Å²) in [5, 5.41) is 18.7. The Bertz CT molecular complexity index is 785. The van der Waals surface area contributed by atoms with Gasteiger partial charge in [-0.3, -0.25) is 4.79 Å². The van der Waals surface area contributed by atoms with Crippen LogP contribution in [0.5, 0.6) is 5.75 Å². The van der Waals surface area contributed by atoms with Crippen molar-refractivity contribution in [2.24, 2.45) is 0 Å². The molecule has 0 amide bonds. The Morgan fingerprint density at radius 1 is 1.04 bits per heavy atom. The van der Waals surface area contributed by atoms with Gasteiger partial charge in [0, 0.05) is 5.56 Å². The molecule has 0 radical (unpaired) electrons. The molecule has 1 N–H and O–H groups in total. The normalized spacial score (nSPS) is 10.4. The van der Waals surface area contributed by atoms with E-state index in [1.807, 2.05) is 30.3 Å². The van der Waals surface area contributed by atoms with Crippen molar-refractivity contribution in [3.8, 4) is 16.3 Å². The first-order valence-corrected chi connectivity index (χ1v) is 7.84. The van der Waals surface area contributed by atoms with Gasteiger partial charge in [-0.15, -0.1) is 10.2 Å². The first kappa shape index (κ1) is 15.2. The second kappa shape index (κ2) is 7.02. The molecule has 0 aliphatic carbocycles. The van der Waals surface area contributed by atoms with E-state index in [1.165, 1.54) is 11.3 Å². The Morgan fingerprint density at radius 3 is 2.48 bits per heavy atom. The molecule has 116 valence electrons. The van der Waals surface area contributed by atoms with E-state index in [-0.39, 0.29) is 6.42 Å². The van der Waals surface area contributed by atoms with E-state index in [9.17, 15) is 4.79 Å². The number of aliphatic carboxylic acids is 1. The molecule has 1 aromatic heterocycles. The van der Waals surface area contributed by atoms with Crippen molar-refractivity contribution >= 4 is 17.3 Å². The molecule has 0 saturated carbocycles. The predicted octanol–water partition coefficient (Wildman–Crippen LogP) is 3.41. The number of ether oxygens (including phenoxy) is 1. The fourth-order valence-corrected chi connectivity index (χ4v) is 2.79. The summed E-state index contributed by atoms with van der Waals surface area (Å²) in [7, 11) is 0. The molecule has 2 aromatic carbocycles. The standard InChI is InChI=1S/C17H14N2O3S/c20-16(21)10-12-6-8-14(9-7-12)22-11-15-18-19-17(23-15)13-4-2-1-3-5-13/h1-9H,10-11H2,(H,20,21). The van der Waals surface area contributed by atoms with Gasteiger partial charge >= 0.3 is 5.97 Å². The lowest BCUT2D eigenvalue weighted by atomic mass is 10.1. The number of carbonyl (C=O) groups is 1. The van der Waals surface area contributed by atoms with Crippen molar-refractivity contribution in [2.45, 2.75) is 13.0 Å². The Hall–Kier alpha value is -2.73. The van der Waals surface area contributed by atoms with Crippen molar-refractivity contribution in [3.05, 3.63) is 65.2 Å². The second-order valence-electron chi connectivity index (χ2n) is 4.87. The van der Waals surface area contributed by atoms with Crippen molar-refractivity contribution in [2.75, 3.05) is 0 Å². The Labute approximate surface area is 137 Å². The van der Waals surface area contributed by atoms with Crippen LogP contribution in [0.4, 0.5) is 0 Å². The van der Waals surface area contributed by atoms with Crippen molar-refractivity contribution in [1.82, 2.24) is 10.2 Å². The highest BCUT2D eigenvalue weighted by Crippen LogP contribution is 2.24. The lowest BCUT2D eigenvalue weighted by Gasteiger charge is -2.04. The summed E-state index contributed by atoms with van der Waals surface area (Å²) in [6.07, 6.45) is 0.0110. The van der Waals surface area contributed by atoms with E-state index >= 15 is 0 Å². The van der Waals surface area contributed by atoms with Gasteiger partial charge in [-0.25, -0.2) is 0 Å². The van der Waals surface area contributed by atoms with Gasteiger partial charge in [-0.2, -0.15) is 0 Å². The molecule has 0 aliphatic rings. The van der Waals surface area contributed by atoms with Crippen LogP contribution in [-0.2, 0) is 17.8 Å². The molecular formula is C17H14N2O3S. The van der Waals surface area contributed by atoms with Gasteiger partial charge in [-0.05, 0) is 17.7 Å². The van der Waals surface area contributed by atoms with Crippen LogP contribution < -0.4 is 4.74 Å². The molecule has 0 unspecified atom stereocenters. The molecule has 0 bridgehead atoms. The largest absolute Gasteiger partial charge is 0.486 e. The fourth-order valence-electron chi connectivity index (χ4n) is 2.03. The third-order valence-electron chi connectivity index (χ3n) is 3.13.